The molecule has 4 atom stereocenters. The molecule has 0 spiro atoms. The number of halogens is 6. The molecule has 4 aliphatic rings. The molecule has 0 unspecified atom stereocenters. The van der Waals surface area contributed by atoms with E-state index in [1.807, 2.05) is 0 Å². The molecule has 1 fully saturated rings. The standard InChI is InChI=1S/C14H12F6O/c15-13(16,17)9-10(14(18,19)20)12-8-6-3-1-2-5(4-6)7(8)11(9)21-12/h5-6,11-12H,1-4H2/t5-,6+,11-,12+. The third-order valence-corrected chi connectivity index (χ3v) is 5.15. The molecule has 21 heavy (non-hydrogen) atoms. The predicted molar refractivity (Wildman–Crippen MR) is 60.3 cm³/mol. The summed E-state index contributed by atoms with van der Waals surface area (Å²) in [6, 6.07) is 0. The van der Waals surface area contributed by atoms with Gasteiger partial charge in [-0.1, -0.05) is 6.42 Å². The molecule has 2 aliphatic carbocycles. The Labute approximate surface area is 116 Å². The van der Waals surface area contributed by atoms with Crippen LogP contribution in [0.1, 0.15) is 25.7 Å². The van der Waals surface area contributed by atoms with E-state index in [1.54, 1.807) is 0 Å². The Hall–Kier alpha value is -0.980. The summed E-state index contributed by atoms with van der Waals surface area (Å²) in [5.41, 5.74) is -1.98. The van der Waals surface area contributed by atoms with Crippen LogP contribution in [-0.2, 0) is 4.74 Å². The Morgan fingerprint density at radius 2 is 1.19 bits per heavy atom. The van der Waals surface area contributed by atoms with E-state index in [2.05, 4.69) is 0 Å². The van der Waals surface area contributed by atoms with Gasteiger partial charge < -0.3 is 4.74 Å². The molecule has 4 rings (SSSR count). The molecule has 0 N–H and O–H groups in total. The summed E-state index contributed by atoms with van der Waals surface area (Å²) < 4.78 is 84.0. The third-order valence-electron chi connectivity index (χ3n) is 5.15. The SMILES string of the molecule is FC(F)(F)C1=C(C(F)(F)F)[C@H]2O[C@@H]1C1=C2[C@H]2CCC[C@@H]1C2. The van der Waals surface area contributed by atoms with Gasteiger partial charge in [-0.05, 0) is 42.2 Å². The van der Waals surface area contributed by atoms with E-state index in [0.29, 0.717) is 17.6 Å². The van der Waals surface area contributed by atoms with E-state index in [4.69, 9.17) is 4.74 Å². The lowest BCUT2D eigenvalue weighted by Gasteiger charge is -2.25. The number of alkyl halides is 6. The number of rotatable bonds is 0. The summed E-state index contributed by atoms with van der Waals surface area (Å²) in [6.45, 7) is 0. The zero-order valence-corrected chi connectivity index (χ0v) is 10.8. The number of fused-ring (bicyclic) bond motifs is 8. The predicted octanol–water partition coefficient (Wildman–Crippen LogP) is 4.31. The van der Waals surface area contributed by atoms with Crippen LogP contribution in [0.25, 0.3) is 0 Å². The lowest BCUT2D eigenvalue weighted by Crippen LogP contribution is -2.31. The smallest absolute Gasteiger partial charge is 0.357 e. The van der Waals surface area contributed by atoms with Crippen molar-refractivity contribution in [2.45, 2.75) is 50.2 Å². The summed E-state index contributed by atoms with van der Waals surface area (Å²) in [5.74, 6) is -0.0539. The van der Waals surface area contributed by atoms with E-state index in [1.165, 1.54) is 0 Å². The molecule has 7 heteroatoms. The minimum atomic E-state index is -5.00. The average molecular weight is 310 g/mol. The first-order valence-corrected chi connectivity index (χ1v) is 6.97. The van der Waals surface area contributed by atoms with E-state index in [-0.39, 0.29) is 11.8 Å². The van der Waals surface area contributed by atoms with Crippen LogP contribution in [0.15, 0.2) is 22.3 Å². The second-order valence-electron chi connectivity index (χ2n) is 6.19. The molecule has 1 saturated carbocycles. The van der Waals surface area contributed by atoms with E-state index in [9.17, 15) is 26.3 Å². The Bertz CT molecular complexity index is 521. The Kier molecular flexibility index (Phi) is 2.51. The van der Waals surface area contributed by atoms with Gasteiger partial charge in [-0.15, -0.1) is 0 Å². The number of ether oxygens (including phenoxy) is 1. The maximum Gasteiger partial charge on any atom is 0.415 e. The Balaban J connectivity index is 1.85. The number of hydrogen-bond acceptors (Lipinski definition) is 1. The normalized spacial score (nSPS) is 38.6. The highest BCUT2D eigenvalue weighted by Gasteiger charge is 2.64. The molecule has 2 heterocycles. The quantitative estimate of drug-likeness (QED) is 0.479. The molecule has 0 amide bonds. The van der Waals surface area contributed by atoms with Crippen molar-refractivity contribution in [1.29, 1.82) is 0 Å². The van der Waals surface area contributed by atoms with Crippen LogP contribution in [0.2, 0.25) is 0 Å². The molecule has 2 aliphatic heterocycles. The van der Waals surface area contributed by atoms with E-state index < -0.39 is 35.7 Å². The van der Waals surface area contributed by atoms with Crippen LogP contribution in [0, 0.1) is 11.8 Å². The molecular formula is C14H12F6O. The highest BCUT2D eigenvalue weighted by Crippen LogP contribution is 2.62. The average Bonchev–Trinajstić information content (AvgIpc) is 2.97. The van der Waals surface area contributed by atoms with Gasteiger partial charge in [0.05, 0.1) is 11.1 Å². The molecule has 4 bridgehead atoms. The van der Waals surface area contributed by atoms with Crippen LogP contribution in [0.4, 0.5) is 26.3 Å². The molecule has 0 radical (unpaired) electrons. The van der Waals surface area contributed by atoms with Crippen LogP contribution in [0.3, 0.4) is 0 Å². The van der Waals surface area contributed by atoms with Crippen LogP contribution < -0.4 is 0 Å². The van der Waals surface area contributed by atoms with Gasteiger partial charge in [-0.3, -0.25) is 0 Å². The maximum atomic E-state index is 13.1. The first-order chi connectivity index (χ1) is 9.69. The zero-order chi connectivity index (χ0) is 15.2. The molecule has 1 nitrogen and oxygen atoms in total. The summed E-state index contributed by atoms with van der Waals surface area (Å²) >= 11 is 0. The molecule has 116 valence electrons. The summed E-state index contributed by atoms with van der Waals surface area (Å²) in [5, 5.41) is 0. The molecule has 0 aromatic rings. The topological polar surface area (TPSA) is 9.23 Å². The van der Waals surface area contributed by atoms with Crippen molar-refractivity contribution in [3.63, 3.8) is 0 Å². The van der Waals surface area contributed by atoms with Crippen LogP contribution in [0.5, 0.6) is 0 Å². The van der Waals surface area contributed by atoms with Crippen molar-refractivity contribution < 1.29 is 31.1 Å². The number of hydrogen-bond donors (Lipinski definition) is 0. The Morgan fingerprint density at radius 1 is 0.762 bits per heavy atom. The van der Waals surface area contributed by atoms with Gasteiger partial charge in [0.1, 0.15) is 12.2 Å². The third kappa shape index (κ3) is 1.69. The van der Waals surface area contributed by atoms with Gasteiger partial charge in [0.25, 0.3) is 0 Å². The zero-order valence-electron chi connectivity index (χ0n) is 10.8. The van der Waals surface area contributed by atoms with Gasteiger partial charge in [-0.2, -0.15) is 26.3 Å². The van der Waals surface area contributed by atoms with Gasteiger partial charge in [0.2, 0.25) is 0 Å². The van der Waals surface area contributed by atoms with Crippen molar-refractivity contribution in [2.24, 2.45) is 11.8 Å². The fourth-order valence-corrected chi connectivity index (χ4v) is 4.57. The van der Waals surface area contributed by atoms with Gasteiger partial charge in [0, 0.05) is 0 Å². The van der Waals surface area contributed by atoms with Crippen molar-refractivity contribution in [3.05, 3.63) is 22.3 Å². The first kappa shape index (κ1) is 13.7. The van der Waals surface area contributed by atoms with Gasteiger partial charge >= 0.3 is 12.4 Å². The van der Waals surface area contributed by atoms with Crippen LogP contribution in [-0.4, -0.2) is 24.6 Å². The largest absolute Gasteiger partial charge is 0.415 e. The van der Waals surface area contributed by atoms with Gasteiger partial charge in [0.15, 0.2) is 0 Å². The van der Waals surface area contributed by atoms with Crippen molar-refractivity contribution in [2.75, 3.05) is 0 Å². The van der Waals surface area contributed by atoms with Crippen molar-refractivity contribution in [1.82, 2.24) is 0 Å². The second-order valence-corrected chi connectivity index (χ2v) is 6.19. The molecule has 0 saturated heterocycles. The highest BCUT2D eigenvalue weighted by atomic mass is 19.4. The van der Waals surface area contributed by atoms with Gasteiger partial charge in [-0.25, -0.2) is 0 Å². The van der Waals surface area contributed by atoms with Crippen molar-refractivity contribution in [3.8, 4) is 0 Å². The van der Waals surface area contributed by atoms with Crippen molar-refractivity contribution >= 4 is 0 Å². The maximum absolute atomic E-state index is 13.1. The second kappa shape index (κ2) is 3.86. The Morgan fingerprint density at radius 3 is 1.57 bits per heavy atom. The van der Waals surface area contributed by atoms with Crippen LogP contribution >= 0.6 is 0 Å². The summed E-state index contributed by atoms with van der Waals surface area (Å²) in [4.78, 5) is 0. The fourth-order valence-electron chi connectivity index (χ4n) is 4.57. The van der Waals surface area contributed by atoms with E-state index >= 15 is 0 Å². The highest BCUT2D eigenvalue weighted by molar-refractivity contribution is 5.55. The monoisotopic (exact) mass is 310 g/mol. The molecule has 0 aromatic carbocycles. The molecular weight excluding hydrogens is 298 g/mol. The summed E-state index contributed by atoms with van der Waals surface area (Å²) in [7, 11) is 0. The lowest BCUT2D eigenvalue weighted by atomic mass is 9.83. The minimum absolute atomic E-state index is 0.0270. The fraction of sp³-hybridized carbons (Fsp3) is 0.714. The molecule has 0 aromatic heterocycles. The summed E-state index contributed by atoms with van der Waals surface area (Å²) in [6.07, 6.45) is -9.96. The first-order valence-electron chi connectivity index (χ1n) is 6.97. The lowest BCUT2D eigenvalue weighted by molar-refractivity contribution is -0.116. The minimum Gasteiger partial charge on any atom is -0.357 e. The van der Waals surface area contributed by atoms with E-state index in [0.717, 1.165) is 19.3 Å².